The lowest BCUT2D eigenvalue weighted by Crippen LogP contribution is -1.93. The van der Waals surface area contributed by atoms with E-state index in [0.717, 1.165) is 83.4 Å². The minimum Gasteiger partial charge on any atom is -0.457 e. The van der Waals surface area contributed by atoms with Crippen molar-refractivity contribution in [1.29, 1.82) is 0 Å². The first kappa shape index (κ1) is 25.8. The Hall–Kier alpha value is -6.53. The largest absolute Gasteiger partial charge is 0.457 e. The molecule has 10 aromatic rings. The van der Waals surface area contributed by atoms with Crippen LogP contribution < -0.4 is 4.74 Å². The van der Waals surface area contributed by atoms with Gasteiger partial charge in [-0.25, -0.2) is 9.97 Å². The number of imidazole rings is 2. The lowest BCUT2D eigenvalue weighted by molar-refractivity contribution is 0.484. The van der Waals surface area contributed by atoms with Crippen LogP contribution in [0.25, 0.3) is 77.3 Å². The summed E-state index contributed by atoms with van der Waals surface area (Å²) in [5.74, 6) is 1.46. The van der Waals surface area contributed by atoms with Gasteiger partial charge in [0.2, 0.25) is 0 Å². The van der Waals surface area contributed by atoms with Gasteiger partial charge in [0.05, 0.1) is 27.9 Å². The zero-order valence-electron chi connectivity index (χ0n) is 25.1. The van der Waals surface area contributed by atoms with Crippen molar-refractivity contribution in [3.05, 3.63) is 152 Å². The molecule has 0 fully saturated rings. The van der Waals surface area contributed by atoms with Crippen LogP contribution >= 0.6 is 0 Å². The quantitative estimate of drug-likeness (QED) is 0.188. The number of benzene rings is 5. The van der Waals surface area contributed by atoms with Crippen molar-refractivity contribution in [2.24, 2.45) is 0 Å². The Balaban J connectivity index is 1.14. The van der Waals surface area contributed by atoms with Crippen LogP contribution in [0.15, 0.2) is 152 Å². The second-order valence-electron chi connectivity index (χ2n) is 11.8. The van der Waals surface area contributed by atoms with E-state index < -0.39 is 0 Å². The number of rotatable bonds is 4. The molecule has 5 aromatic heterocycles. The molecule has 0 saturated heterocycles. The monoisotopic (exact) mass is 603 g/mol. The van der Waals surface area contributed by atoms with E-state index in [1.54, 1.807) is 0 Å². The molecule has 47 heavy (non-hydrogen) atoms. The average molecular weight is 604 g/mol. The van der Waals surface area contributed by atoms with Gasteiger partial charge in [-0.3, -0.25) is 13.8 Å². The number of hydrogen-bond acceptors (Lipinski definition) is 4. The summed E-state index contributed by atoms with van der Waals surface area (Å²) in [7, 11) is 0. The Morgan fingerprint density at radius 1 is 0.447 bits per heavy atom. The summed E-state index contributed by atoms with van der Waals surface area (Å²) in [5, 5.41) is 5.34. The fourth-order valence-electron chi connectivity index (χ4n) is 6.84. The SMILES string of the molecule is c1ccc(-c2cn3c4ccccc4c4ccc(Oc5ccc6c(c5)c5nc(-c7ccccc7)cn5c5cccnc65)cc4c3n2)cc1. The molecule has 0 saturated carbocycles. The third kappa shape index (κ3) is 4.02. The van der Waals surface area contributed by atoms with Crippen molar-refractivity contribution >= 4 is 54.8 Å². The van der Waals surface area contributed by atoms with Gasteiger partial charge in [0.1, 0.15) is 22.8 Å². The molecule has 0 atom stereocenters. The second-order valence-corrected chi connectivity index (χ2v) is 11.8. The fraction of sp³-hybridized carbons (Fsp3) is 0. The molecule has 220 valence electrons. The van der Waals surface area contributed by atoms with Gasteiger partial charge < -0.3 is 4.74 Å². The van der Waals surface area contributed by atoms with Gasteiger partial charge in [-0.15, -0.1) is 0 Å². The minimum atomic E-state index is 0.725. The van der Waals surface area contributed by atoms with E-state index in [0.29, 0.717) is 0 Å². The maximum absolute atomic E-state index is 6.60. The first-order valence-electron chi connectivity index (χ1n) is 15.6. The van der Waals surface area contributed by atoms with E-state index in [4.69, 9.17) is 19.7 Å². The molecule has 0 N–H and O–H groups in total. The average Bonchev–Trinajstić information content (AvgIpc) is 3.80. The van der Waals surface area contributed by atoms with E-state index in [1.165, 1.54) is 5.39 Å². The van der Waals surface area contributed by atoms with Crippen molar-refractivity contribution in [3.8, 4) is 34.0 Å². The molecular formula is C41H25N5O. The first-order valence-corrected chi connectivity index (χ1v) is 15.6. The van der Waals surface area contributed by atoms with Crippen LogP contribution in [-0.2, 0) is 0 Å². The minimum absolute atomic E-state index is 0.725. The summed E-state index contributed by atoms with van der Waals surface area (Å²) in [6.07, 6.45) is 6.06. The topological polar surface area (TPSA) is 56.7 Å². The number of fused-ring (bicyclic) bond motifs is 12. The number of nitrogens with zero attached hydrogens (tertiary/aromatic N) is 5. The summed E-state index contributed by atoms with van der Waals surface area (Å²) in [4.78, 5) is 15.0. The molecule has 5 aromatic carbocycles. The maximum Gasteiger partial charge on any atom is 0.146 e. The lowest BCUT2D eigenvalue weighted by atomic mass is 10.1. The molecule has 0 aliphatic heterocycles. The van der Waals surface area contributed by atoms with E-state index in [2.05, 4.69) is 100 Å². The van der Waals surface area contributed by atoms with Gasteiger partial charge in [-0.05, 0) is 60.0 Å². The van der Waals surface area contributed by atoms with Crippen molar-refractivity contribution in [1.82, 2.24) is 23.8 Å². The van der Waals surface area contributed by atoms with Crippen LogP contribution in [0.1, 0.15) is 0 Å². The van der Waals surface area contributed by atoms with Crippen LogP contribution in [0.3, 0.4) is 0 Å². The van der Waals surface area contributed by atoms with Gasteiger partial charge in [0.15, 0.2) is 0 Å². The van der Waals surface area contributed by atoms with E-state index in [-0.39, 0.29) is 0 Å². The molecule has 0 aliphatic rings. The van der Waals surface area contributed by atoms with Crippen LogP contribution in [0, 0.1) is 0 Å². The molecule has 0 aliphatic carbocycles. The maximum atomic E-state index is 6.60. The second kappa shape index (κ2) is 9.99. The summed E-state index contributed by atoms with van der Waals surface area (Å²) in [6.45, 7) is 0. The van der Waals surface area contributed by atoms with Crippen LogP contribution in [0.5, 0.6) is 11.5 Å². The summed E-state index contributed by atoms with van der Waals surface area (Å²) in [5.41, 5.74) is 8.81. The normalized spacial score (nSPS) is 11.8. The van der Waals surface area contributed by atoms with Gasteiger partial charge in [-0.2, -0.15) is 0 Å². The fourth-order valence-corrected chi connectivity index (χ4v) is 6.84. The van der Waals surface area contributed by atoms with Crippen LogP contribution in [0.2, 0.25) is 0 Å². The van der Waals surface area contributed by atoms with Crippen LogP contribution in [0.4, 0.5) is 0 Å². The van der Waals surface area contributed by atoms with Gasteiger partial charge >= 0.3 is 0 Å². The van der Waals surface area contributed by atoms with E-state index >= 15 is 0 Å². The van der Waals surface area contributed by atoms with Gasteiger partial charge in [0, 0.05) is 51.3 Å². The molecule has 10 rings (SSSR count). The first-order chi connectivity index (χ1) is 23.3. The Bertz CT molecular complexity index is 2620. The highest BCUT2D eigenvalue weighted by Gasteiger charge is 2.16. The van der Waals surface area contributed by atoms with Crippen molar-refractivity contribution in [2.45, 2.75) is 0 Å². The van der Waals surface area contributed by atoms with Crippen LogP contribution in [-0.4, -0.2) is 23.8 Å². The highest BCUT2D eigenvalue weighted by Crippen LogP contribution is 2.37. The number of para-hydroxylation sites is 1. The number of pyridine rings is 3. The summed E-state index contributed by atoms with van der Waals surface area (Å²) < 4.78 is 10.9. The van der Waals surface area contributed by atoms with E-state index in [1.807, 2.05) is 60.8 Å². The van der Waals surface area contributed by atoms with Crippen molar-refractivity contribution < 1.29 is 4.74 Å². The van der Waals surface area contributed by atoms with Gasteiger partial charge in [-0.1, -0.05) is 78.9 Å². The Kier molecular flexibility index (Phi) is 5.48. The molecule has 0 spiro atoms. The number of hydrogen-bond donors (Lipinski definition) is 0. The molecule has 6 nitrogen and oxygen atoms in total. The standard InChI is InChI=1S/C41H25N5O/c1-3-10-26(11-4-1)35-24-45-37-15-8-7-14-31(37)30-19-17-28(22-33(30)40(45)43-35)47-29-18-20-32-34(23-29)41-44-36(27-12-5-2-6-13-27)25-46(41)38-16-9-21-42-39(32)38/h1-25H. The van der Waals surface area contributed by atoms with Crippen molar-refractivity contribution in [2.75, 3.05) is 0 Å². The molecule has 0 unspecified atom stereocenters. The highest BCUT2D eigenvalue weighted by atomic mass is 16.5. The lowest BCUT2D eigenvalue weighted by Gasteiger charge is -2.12. The Labute approximate surface area is 268 Å². The van der Waals surface area contributed by atoms with E-state index in [9.17, 15) is 0 Å². The van der Waals surface area contributed by atoms with Crippen molar-refractivity contribution in [3.63, 3.8) is 0 Å². The smallest absolute Gasteiger partial charge is 0.146 e. The zero-order valence-corrected chi connectivity index (χ0v) is 25.1. The Morgan fingerprint density at radius 2 is 1.00 bits per heavy atom. The molecule has 0 amide bonds. The Morgan fingerprint density at radius 3 is 1.68 bits per heavy atom. The van der Waals surface area contributed by atoms with Gasteiger partial charge in [0.25, 0.3) is 0 Å². The summed E-state index contributed by atoms with van der Waals surface area (Å²) in [6, 6.07) is 45.6. The predicted octanol–water partition coefficient (Wildman–Crippen LogP) is 10.1. The summed E-state index contributed by atoms with van der Waals surface area (Å²) >= 11 is 0. The predicted molar refractivity (Wildman–Crippen MR) is 189 cm³/mol. The number of ether oxygens (including phenoxy) is 1. The third-order valence-corrected chi connectivity index (χ3v) is 9.01. The molecule has 6 heteroatoms. The number of aromatic nitrogens is 5. The molecule has 0 bridgehead atoms. The molecule has 0 radical (unpaired) electrons. The third-order valence-electron chi connectivity index (χ3n) is 9.01. The zero-order chi connectivity index (χ0) is 30.9. The molecular weight excluding hydrogens is 578 g/mol. The highest BCUT2D eigenvalue weighted by molar-refractivity contribution is 6.13. The molecule has 5 heterocycles.